The molecule has 1 fully saturated rings. The average molecular weight is 545 g/mol. The summed E-state index contributed by atoms with van der Waals surface area (Å²) in [5.41, 5.74) is 0.685. The minimum Gasteiger partial charge on any atom is -0.493 e. The summed E-state index contributed by atoms with van der Waals surface area (Å²) in [6.45, 7) is 1.48. The van der Waals surface area contributed by atoms with E-state index in [-0.39, 0.29) is 10.8 Å². The fraction of sp³-hybridized carbons (Fsp3) is 0.278. The number of thioether (sulfide) groups is 1. The maximum Gasteiger partial charge on any atom is 0.341 e. The molecule has 0 spiro atoms. The summed E-state index contributed by atoms with van der Waals surface area (Å²) in [5.74, 6) is -1.28. The molecule has 2 heterocycles. The summed E-state index contributed by atoms with van der Waals surface area (Å²) in [4.78, 5) is 24.1. The summed E-state index contributed by atoms with van der Waals surface area (Å²) in [7, 11) is 1.46. The van der Waals surface area contributed by atoms with Gasteiger partial charge in [0.25, 0.3) is 0 Å². The molecule has 1 atom stereocenters. The molecular formula is C18H16IN3O5S2. The lowest BCUT2D eigenvalue weighted by Crippen LogP contribution is -2.11. The minimum absolute atomic E-state index is 0.181. The number of aliphatic carboxylic acids is 1. The second kappa shape index (κ2) is 9.22. The summed E-state index contributed by atoms with van der Waals surface area (Å²) >= 11 is 4.48. The third-order valence-corrected chi connectivity index (χ3v) is 6.84. The van der Waals surface area contributed by atoms with Gasteiger partial charge in [-0.2, -0.15) is 0 Å². The Hall–Kier alpha value is -1.99. The number of hydrogen-bond donors (Lipinski definition) is 2. The largest absolute Gasteiger partial charge is 0.493 e. The number of halogens is 1. The first kappa shape index (κ1) is 21.7. The van der Waals surface area contributed by atoms with Gasteiger partial charge in [0.1, 0.15) is 15.9 Å². The number of aryl methyl sites for hydroxylation is 1. The first-order valence-electron chi connectivity index (χ1n) is 8.40. The van der Waals surface area contributed by atoms with Crippen molar-refractivity contribution in [2.45, 2.75) is 19.3 Å². The minimum atomic E-state index is -1.09. The van der Waals surface area contributed by atoms with Gasteiger partial charge in [0.05, 0.1) is 20.6 Å². The van der Waals surface area contributed by atoms with Crippen LogP contribution in [0.3, 0.4) is 0 Å². The van der Waals surface area contributed by atoms with E-state index in [1.807, 2.05) is 29.5 Å². The molecule has 0 unspecified atom stereocenters. The van der Waals surface area contributed by atoms with Gasteiger partial charge in [0.15, 0.2) is 23.9 Å². The molecule has 11 heteroatoms. The van der Waals surface area contributed by atoms with Crippen molar-refractivity contribution in [1.29, 1.82) is 5.41 Å². The molecule has 0 amide bonds. The number of benzene rings is 1. The van der Waals surface area contributed by atoms with Crippen LogP contribution in [0.5, 0.6) is 11.5 Å². The van der Waals surface area contributed by atoms with E-state index < -0.39 is 18.5 Å². The second-order valence-electron chi connectivity index (χ2n) is 5.88. The molecule has 8 nitrogen and oxygen atoms in total. The summed E-state index contributed by atoms with van der Waals surface area (Å²) < 4.78 is 11.3. The van der Waals surface area contributed by atoms with Gasteiger partial charge in [-0.1, -0.05) is 18.7 Å². The number of carboxylic acid groups (broad SMARTS) is 1. The van der Waals surface area contributed by atoms with Crippen LogP contribution in [-0.4, -0.2) is 45.8 Å². The highest BCUT2D eigenvalue weighted by molar-refractivity contribution is 14.1. The van der Waals surface area contributed by atoms with E-state index in [1.165, 1.54) is 18.4 Å². The Morgan fingerprint density at radius 1 is 1.41 bits per heavy atom. The van der Waals surface area contributed by atoms with Gasteiger partial charge in [-0.25, -0.2) is 4.79 Å². The zero-order chi connectivity index (χ0) is 21.1. The van der Waals surface area contributed by atoms with Gasteiger partial charge >= 0.3 is 5.97 Å². The molecule has 2 N–H and O–H groups in total. The Bertz CT molecular complexity index is 1020. The number of nitrogens with one attached hydrogen (secondary N) is 1. The number of carbonyl (C=O) groups is 2. The molecule has 0 aliphatic carbocycles. The number of methoxy groups -OCH3 is 1. The van der Waals surface area contributed by atoms with Gasteiger partial charge in [0.2, 0.25) is 0 Å². The molecule has 1 saturated heterocycles. The molecular weight excluding hydrogens is 529 g/mol. The second-order valence-corrected chi connectivity index (χ2v) is 9.22. The van der Waals surface area contributed by atoms with Crippen LogP contribution < -0.4 is 9.47 Å². The monoisotopic (exact) mass is 545 g/mol. The molecule has 0 bridgehead atoms. The standard InChI is InChI=1S/C18H16IN3O5S2/c1-3-12-21-22-18(29-12)14-15(25)11(28-17(14)20)6-8-4-9(19)16(10(5-8)26-2)27-7-13(23)24/h4-6,14,20H,3,7H2,1-2H3,(H,23,24)/b11-6-,20-17?/t14-/m1/s1. The number of ether oxygens (including phenoxy) is 2. The van der Waals surface area contributed by atoms with Gasteiger partial charge < -0.3 is 14.6 Å². The maximum absolute atomic E-state index is 12.9. The summed E-state index contributed by atoms with van der Waals surface area (Å²) in [5, 5.41) is 26.8. The third kappa shape index (κ3) is 4.78. The Morgan fingerprint density at radius 3 is 2.79 bits per heavy atom. The molecule has 2 aromatic rings. The van der Waals surface area contributed by atoms with E-state index in [0.29, 0.717) is 30.5 Å². The summed E-state index contributed by atoms with van der Waals surface area (Å²) in [6, 6.07) is 3.43. The predicted molar refractivity (Wildman–Crippen MR) is 119 cm³/mol. The quantitative estimate of drug-likeness (QED) is 0.400. The molecule has 3 rings (SSSR count). The number of carboxylic acids is 1. The van der Waals surface area contributed by atoms with Crippen LogP contribution in [0, 0.1) is 8.98 Å². The lowest BCUT2D eigenvalue weighted by molar-refractivity contribution is -0.139. The van der Waals surface area contributed by atoms with Crippen molar-refractivity contribution in [2.75, 3.05) is 13.7 Å². The SMILES string of the molecule is CCc1nnc([C@H]2C(=N)S/C(=C\c3cc(I)c(OCC(=O)O)c(OC)c3)C2=O)s1. The lowest BCUT2D eigenvalue weighted by Gasteiger charge is -2.12. The van der Waals surface area contributed by atoms with Gasteiger partial charge in [-0.15, -0.1) is 21.5 Å². The van der Waals surface area contributed by atoms with Crippen molar-refractivity contribution in [1.82, 2.24) is 10.2 Å². The van der Waals surface area contributed by atoms with Crippen molar-refractivity contribution >= 4 is 68.6 Å². The maximum atomic E-state index is 12.9. The van der Waals surface area contributed by atoms with E-state index in [4.69, 9.17) is 20.0 Å². The number of rotatable bonds is 7. The lowest BCUT2D eigenvalue weighted by atomic mass is 10.1. The number of aromatic nitrogens is 2. The number of nitrogens with zero attached hydrogens (tertiary/aromatic N) is 2. The molecule has 1 aromatic heterocycles. The van der Waals surface area contributed by atoms with E-state index >= 15 is 0 Å². The zero-order valence-corrected chi connectivity index (χ0v) is 19.2. The van der Waals surface area contributed by atoms with Gasteiger partial charge in [-0.3, -0.25) is 10.2 Å². The van der Waals surface area contributed by atoms with Crippen molar-refractivity contribution in [2.24, 2.45) is 0 Å². The average Bonchev–Trinajstić information content (AvgIpc) is 3.24. The fourth-order valence-corrected chi connectivity index (χ4v) is 5.32. The molecule has 1 aliphatic heterocycles. The Kier molecular flexibility index (Phi) is 6.90. The van der Waals surface area contributed by atoms with E-state index in [2.05, 4.69) is 10.2 Å². The molecule has 0 radical (unpaired) electrons. The smallest absolute Gasteiger partial charge is 0.341 e. The van der Waals surface area contributed by atoms with Gasteiger partial charge in [0, 0.05) is 0 Å². The first-order chi connectivity index (χ1) is 13.8. The van der Waals surface area contributed by atoms with Crippen molar-refractivity contribution in [3.63, 3.8) is 0 Å². The first-order valence-corrected chi connectivity index (χ1v) is 11.1. The molecule has 0 saturated carbocycles. The zero-order valence-electron chi connectivity index (χ0n) is 15.4. The number of ketones is 1. The Labute approximate surface area is 188 Å². The van der Waals surface area contributed by atoms with Crippen molar-refractivity contribution < 1.29 is 24.2 Å². The highest BCUT2D eigenvalue weighted by Gasteiger charge is 2.39. The van der Waals surface area contributed by atoms with E-state index in [1.54, 1.807) is 18.2 Å². The van der Waals surface area contributed by atoms with Crippen LogP contribution in [0.2, 0.25) is 0 Å². The Morgan fingerprint density at radius 2 is 2.17 bits per heavy atom. The van der Waals surface area contributed by atoms with Crippen LogP contribution in [0.15, 0.2) is 17.0 Å². The van der Waals surface area contributed by atoms with Crippen LogP contribution in [-0.2, 0) is 16.0 Å². The number of allylic oxidation sites excluding steroid dienone is 1. The van der Waals surface area contributed by atoms with Crippen LogP contribution in [0.25, 0.3) is 6.08 Å². The van der Waals surface area contributed by atoms with E-state index in [0.717, 1.165) is 23.2 Å². The highest BCUT2D eigenvalue weighted by atomic mass is 127. The van der Waals surface area contributed by atoms with Crippen LogP contribution in [0.4, 0.5) is 0 Å². The molecule has 1 aliphatic rings. The highest BCUT2D eigenvalue weighted by Crippen LogP contribution is 2.42. The van der Waals surface area contributed by atoms with Crippen molar-refractivity contribution in [3.05, 3.63) is 36.2 Å². The molecule has 29 heavy (non-hydrogen) atoms. The number of carbonyl (C=O) groups excluding carboxylic acids is 1. The molecule has 1 aromatic carbocycles. The normalized spacial score (nSPS) is 17.8. The predicted octanol–water partition coefficient (Wildman–Crippen LogP) is 3.59. The Balaban J connectivity index is 1.89. The van der Waals surface area contributed by atoms with E-state index in [9.17, 15) is 9.59 Å². The summed E-state index contributed by atoms with van der Waals surface area (Å²) in [6.07, 6.45) is 2.42. The molecule has 152 valence electrons. The van der Waals surface area contributed by atoms with Crippen LogP contribution in [0.1, 0.15) is 28.4 Å². The number of Topliss-reactive ketones (excluding diaryl/α,β-unsaturated/α-hetero) is 1. The van der Waals surface area contributed by atoms with Crippen LogP contribution >= 0.6 is 45.7 Å². The van der Waals surface area contributed by atoms with Gasteiger partial charge in [-0.05, 0) is 52.8 Å². The third-order valence-electron chi connectivity index (χ3n) is 3.91. The van der Waals surface area contributed by atoms with Crippen molar-refractivity contribution in [3.8, 4) is 11.5 Å². The fourth-order valence-electron chi connectivity index (χ4n) is 2.59. The topological polar surface area (TPSA) is 122 Å². The number of hydrogen-bond acceptors (Lipinski definition) is 9.